The second kappa shape index (κ2) is 6.74. The molecule has 0 saturated carbocycles. The second-order valence-corrected chi connectivity index (χ2v) is 10.6. The van der Waals surface area contributed by atoms with E-state index in [0.717, 1.165) is 47.8 Å². The molecule has 0 aliphatic carbocycles. The maximum absolute atomic E-state index is 3.00. The summed E-state index contributed by atoms with van der Waals surface area (Å²) in [6, 6.07) is 3.16. The monoisotopic (exact) mass is 361 g/mol. The van der Waals surface area contributed by atoms with Crippen LogP contribution < -0.4 is 0 Å². The first-order valence-corrected chi connectivity index (χ1v) is 11.5. The van der Waals surface area contributed by atoms with E-state index in [4.69, 9.17) is 0 Å². The molecular weight excluding hydrogens is 318 g/mol. The summed E-state index contributed by atoms with van der Waals surface area (Å²) in [7, 11) is 4.81. The van der Waals surface area contributed by atoms with Crippen molar-refractivity contribution in [2.45, 2.75) is 103 Å². The van der Waals surface area contributed by atoms with Crippen LogP contribution in [0.25, 0.3) is 0 Å². The summed E-state index contributed by atoms with van der Waals surface area (Å²) in [6.45, 7) is 13.8. The lowest BCUT2D eigenvalue weighted by Crippen LogP contribution is -2.60. The van der Waals surface area contributed by atoms with Crippen molar-refractivity contribution in [1.82, 2.24) is 14.7 Å². The van der Waals surface area contributed by atoms with Crippen molar-refractivity contribution in [3.63, 3.8) is 0 Å². The predicted molar refractivity (Wildman–Crippen MR) is 110 cm³/mol. The summed E-state index contributed by atoms with van der Waals surface area (Å²) in [5.74, 6) is 3.35. The van der Waals surface area contributed by atoms with Gasteiger partial charge in [-0.25, -0.2) is 0 Å². The quantitative estimate of drug-likeness (QED) is 0.727. The zero-order valence-corrected chi connectivity index (χ0v) is 18.4. The SMILES string of the molecule is CC1CCN(C)C12[C@@H](C[C@@H]1CCC[C@@H]3[C@H](C)[C@H](C)[C@H](C)N13)C[C@@H](C)N2C. The molecule has 0 aromatic heterocycles. The van der Waals surface area contributed by atoms with E-state index in [9.17, 15) is 0 Å². The van der Waals surface area contributed by atoms with E-state index < -0.39 is 0 Å². The minimum absolute atomic E-state index is 0.312. The molecule has 150 valence electrons. The third-order valence-corrected chi connectivity index (χ3v) is 9.75. The Hall–Kier alpha value is -0.120. The van der Waals surface area contributed by atoms with E-state index in [2.05, 4.69) is 63.4 Å². The average molecular weight is 362 g/mol. The molecule has 0 amide bonds. The van der Waals surface area contributed by atoms with Gasteiger partial charge in [0, 0.05) is 24.2 Å². The van der Waals surface area contributed by atoms with Crippen molar-refractivity contribution in [1.29, 1.82) is 0 Å². The van der Waals surface area contributed by atoms with Crippen molar-refractivity contribution >= 4 is 0 Å². The third-order valence-electron chi connectivity index (χ3n) is 9.75. The van der Waals surface area contributed by atoms with Gasteiger partial charge in [0.1, 0.15) is 0 Å². The molecular formula is C23H43N3. The Balaban J connectivity index is 1.60. The fraction of sp³-hybridized carbons (Fsp3) is 1.00. The van der Waals surface area contributed by atoms with Gasteiger partial charge in [0.15, 0.2) is 0 Å². The zero-order chi connectivity index (χ0) is 18.8. The van der Waals surface area contributed by atoms with Gasteiger partial charge in [-0.1, -0.05) is 27.2 Å². The van der Waals surface area contributed by atoms with Gasteiger partial charge in [-0.15, -0.1) is 0 Å². The van der Waals surface area contributed by atoms with E-state index in [-0.39, 0.29) is 0 Å². The summed E-state index contributed by atoms with van der Waals surface area (Å²) >= 11 is 0. The van der Waals surface area contributed by atoms with Crippen molar-refractivity contribution in [3.8, 4) is 0 Å². The highest BCUT2D eigenvalue weighted by molar-refractivity contribution is 5.10. The first kappa shape index (κ1) is 19.2. The summed E-state index contributed by atoms with van der Waals surface area (Å²) in [5.41, 5.74) is 0.312. The predicted octanol–water partition coefficient (Wildman–Crippen LogP) is 4.28. The van der Waals surface area contributed by atoms with Crippen LogP contribution in [0.2, 0.25) is 0 Å². The van der Waals surface area contributed by atoms with E-state index in [1.807, 2.05) is 0 Å². The largest absolute Gasteiger partial charge is 0.294 e. The molecule has 26 heavy (non-hydrogen) atoms. The number of hydrogen-bond donors (Lipinski definition) is 0. The Morgan fingerprint density at radius 3 is 2.31 bits per heavy atom. The van der Waals surface area contributed by atoms with Crippen LogP contribution in [0.5, 0.6) is 0 Å². The molecule has 1 spiro atoms. The summed E-state index contributed by atoms with van der Waals surface area (Å²) < 4.78 is 0. The number of likely N-dealkylation sites (tertiary alicyclic amines) is 2. The van der Waals surface area contributed by atoms with Gasteiger partial charge in [-0.2, -0.15) is 0 Å². The Labute approximate surface area is 162 Å². The molecule has 9 atom stereocenters. The molecule has 4 rings (SSSR count). The molecule has 0 aromatic carbocycles. The molecule has 4 aliphatic heterocycles. The van der Waals surface area contributed by atoms with Crippen molar-refractivity contribution in [3.05, 3.63) is 0 Å². The van der Waals surface area contributed by atoms with Gasteiger partial charge < -0.3 is 0 Å². The maximum atomic E-state index is 3.00. The normalized spacial score (nSPS) is 53.7. The Bertz CT molecular complexity index is 510. The molecule has 0 radical (unpaired) electrons. The van der Waals surface area contributed by atoms with Crippen LogP contribution in [0.1, 0.15) is 73.1 Å². The highest BCUT2D eigenvalue weighted by Gasteiger charge is 2.59. The number of piperidine rings is 1. The maximum Gasteiger partial charge on any atom is 0.0791 e. The molecule has 4 saturated heterocycles. The van der Waals surface area contributed by atoms with Crippen molar-refractivity contribution < 1.29 is 0 Å². The van der Waals surface area contributed by atoms with E-state index in [1.54, 1.807) is 0 Å². The second-order valence-electron chi connectivity index (χ2n) is 10.6. The van der Waals surface area contributed by atoms with Crippen LogP contribution in [0.3, 0.4) is 0 Å². The average Bonchev–Trinajstić information content (AvgIpc) is 3.14. The summed E-state index contributed by atoms with van der Waals surface area (Å²) in [5, 5.41) is 0. The first-order valence-electron chi connectivity index (χ1n) is 11.5. The van der Waals surface area contributed by atoms with Crippen LogP contribution >= 0.6 is 0 Å². The molecule has 4 fully saturated rings. The molecule has 2 unspecified atom stereocenters. The van der Waals surface area contributed by atoms with E-state index in [0.29, 0.717) is 5.66 Å². The minimum atomic E-state index is 0.312. The van der Waals surface area contributed by atoms with Crippen LogP contribution in [0.4, 0.5) is 0 Å². The number of rotatable bonds is 2. The smallest absolute Gasteiger partial charge is 0.0791 e. The molecule has 0 N–H and O–H groups in total. The number of nitrogens with zero attached hydrogens (tertiary/aromatic N) is 3. The van der Waals surface area contributed by atoms with Crippen LogP contribution in [-0.4, -0.2) is 65.2 Å². The van der Waals surface area contributed by atoms with Crippen LogP contribution in [0, 0.1) is 23.7 Å². The Kier molecular flexibility index (Phi) is 4.98. The Morgan fingerprint density at radius 1 is 0.923 bits per heavy atom. The fourth-order valence-electron chi connectivity index (χ4n) is 8.07. The fourth-order valence-corrected chi connectivity index (χ4v) is 8.07. The molecule has 4 heterocycles. The molecule has 4 aliphatic rings. The summed E-state index contributed by atoms with van der Waals surface area (Å²) in [4.78, 5) is 8.48. The molecule has 3 nitrogen and oxygen atoms in total. The minimum Gasteiger partial charge on any atom is -0.294 e. The molecule has 3 heteroatoms. The lowest BCUT2D eigenvalue weighted by Gasteiger charge is -2.49. The lowest BCUT2D eigenvalue weighted by molar-refractivity contribution is -0.0529. The van der Waals surface area contributed by atoms with Crippen LogP contribution in [-0.2, 0) is 0 Å². The summed E-state index contributed by atoms with van der Waals surface area (Å²) in [6.07, 6.45) is 8.50. The van der Waals surface area contributed by atoms with Gasteiger partial charge in [0.2, 0.25) is 0 Å². The van der Waals surface area contributed by atoms with E-state index >= 15 is 0 Å². The zero-order valence-electron chi connectivity index (χ0n) is 18.4. The highest BCUT2D eigenvalue weighted by Crippen LogP contribution is 2.53. The van der Waals surface area contributed by atoms with Gasteiger partial charge in [0.05, 0.1) is 5.66 Å². The van der Waals surface area contributed by atoms with Gasteiger partial charge in [-0.3, -0.25) is 14.7 Å². The van der Waals surface area contributed by atoms with E-state index in [1.165, 1.54) is 45.1 Å². The van der Waals surface area contributed by atoms with Crippen molar-refractivity contribution in [2.24, 2.45) is 23.7 Å². The number of fused-ring (bicyclic) bond motifs is 1. The number of hydrogen-bond acceptors (Lipinski definition) is 3. The molecule has 0 bridgehead atoms. The highest BCUT2D eigenvalue weighted by atomic mass is 15.4. The van der Waals surface area contributed by atoms with Gasteiger partial charge in [0.25, 0.3) is 0 Å². The molecule has 0 aromatic rings. The third kappa shape index (κ3) is 2.49. The standard InChI is InChI=1S/C23H43N3/c1-15-11-12-24(6)23(15)20(13-16(2)25(23)7)14-21-9-8-10-22-18(4)17(3)19(5)26(21)22/h15-22H,8-14H2,1-7H3/t15?,16-,17+,18-,19+,20-,21+,22-,23?/m1/s1. The van der Waals surface area contributed by atoms with Gasteiger partial charge >= 0.3 is 0 Å². The first-order chi connectivity index (χ1) is 12.3. The lowest BCUT2D eigenvalue weighted by atomic mass is 9.77. The van der Waals surface area contributed by atoms with Gasteiger partial charge in [-0.05, 0) is 90.3 Å². The van der Waals surface area contributed by atoms with Crippen molar-refractivity contribution in [2.75, 3.05) is 20.6 Å². The topological polar surface area (TPSA) is 9.72 Å². The Morgan fingerprint density at radius 2 is 1.65 bits per heavy atom. The van der Waals surface area contributed by atoms with Crippen LogP contribution in [0.15, 0.2) is 0 Å².